The number of hydrogen-bond acceptors (Lipinski definition) is 6. The molecular formula is C35H33N3O5S. The van der Waals surface area contributed by atoms with Crippen LogP contribution in [0, 0.1) is 0 Å². The number of nitrogens with zero attached hydrogens (tertiary/aromatic N) is 1. The van der Waals surface area contributed by atoms with Crippen LogP contribution in [0.15, 0.2) is 108 Å². The number of anilines is 2. The quantitative estimate of drug-likeness (QED) is 0.165. The van der Waals surface area contributed by atoms with Crippen LogP contribution in [0.3, 0.4) is 0 Å². The number of fused-ring (bicyclic) bond motifs is 1. The second-order valence-corrected chi connectivity index (χ2v) is 11.1. The number of thioether (sulfide) groups is 1. The number of aryl methyl sites for hydroxylation is 1. The summed E-state index contributed by atoms with van der Waals surface area (Å²) in [5.41, 5.74) is 3.71. The zero-order valence-electron chi connectivity index (χ0n) is 24.5. The summed E-state index contributed by atoms with van der Waals surface area (Å²) < 4.78 is 10.8. The third kappa shape index (κ3) is 7.48. The van der Waals surface area contributed by atoms with Crippen molar-refractivity contribution in [2.75, 3.05) is 36.7 Å². The molecule has 0 unspecified atom stereocenters. The van der Waals surface area contributed by atoms with E-state index in [9.17, 15) is 14.4 Å². The van der Waals surface area contributed by atoms with Crippen LogP contribution in [-0.2, 0) is 16.0 Å². The third-order valence-electron chi connectivity index (χ3n) is 7.13. The molecule has 0 atom stereocenters. The van der Waals surface area contributed by atoms with Crippen molar-refractivity contribution < 1.29 is 23.9 Å². The van der Waals surface area contributed by atoms with Gasteiger partial charge in [-0.15, -0.1) is 11.8 Å². The van der Waals surface area contributed by atoms with Crippen molar-refractivity contribution >= 4 is 46.9 Å². The molecule has 9 heteroatoms. The van der Waals surface area contributed by atoms with E-state index in [0.29, 0.717) is 34.9 Å². The Bertz CT molecular complexity index is 1690. The second-order valence-electron chi connectivity index (χ2n) is 10.0. The third-order valence-corrected chi connectivity index (χ3v) is 8.11. The normalized spacial score (nSPS) is 12.6. The van der Waals surface area contributed by atoms with E-state index in [-0.39, 0.29) is 17.4 Å². The minimum Gasteiger partial charge on any atom is -0.497 e. The number of carbonyl (C=O) groups is 3. The summed E-state index contributed by atoms with van der Waals surface area (Å²) in [6.07, 6.45) is 3.47. The zero-order chi connectivity index (χ0) is 30.9. The van der Waals surface area contributed by atoms with E-state index in [4.69, 9.17) is 9.47 Å². The van der Waals surface area contributed by atoms with Gasteiger partial charge < -0.3 is 25.0 Å². The Labute approximate surface area is 261 Å². The molecule has 224 valence electrons. The number of ether oxygens (including phenoxy) is 2. The van der Waals surface area contributed by atoms with Gasteiger partial charge in [0.25, 0.3) is 11.8 Å². The maximum Gasteiger partial charge on any atom is 0.272 e. The van der Waals surface area contributed by atoms with Crippen LogP contribution < -0.4 is 25.0 Å². The van der Waals surface area contributed by atoms with E-state index in [1.807, 2.05) is 47.4 Å². The fourth-order valence-corrected chi connectivity index (χ4v) is 5.74. The van der Waals surface area contributed by atoms with Crippen molar-refractivity contribution in [1.29, 1.82) is 0 Å². The molecule has 4 aromatic carbocycles. The highest BCUT2D eigenvalue weighted by molar-refractivity contribution is 8.00. The van der Waals surface area contributed by atoms with E-state index < -0.39 is 11.8 Å². The molecular weight excluding hydrogens is 574 g/mol. The van der Waals surface area contributed by atoms with Gasteiger partial charge in [0.1, 0.15) is 17.2 Å². The number of methoxy groups -OCH3 is 2. The topological polar surface area (TPSA) is 97.0 Å². The van der Waals surface area contributed by atoms with E-state index >= 15 is 0 Å². The van der Waals surface area contributed by atoms with Gasteiger partial charge in [-0.05, 0) is 73.0 Å². The largest absolute Gasteiger partial charge is 0.497 e. The molecule has 2 N–H and O–H groups in total. The van der Waals surface area contributed by atoms with E-state index in [1.54, 1.807) is 61.7 Å². The molecule has 0 bridgehead atoms. The molecule has 5 rings (SSSR count). The van der Waals surface area contributed by atoms with Gasteiger partial charge in [0.2, 0.25) is 5.91 Å². The maximum absolute atomic E-state index is 13.6. The molecule has 1 aliphatic heterocycles. The van der Waals surface area contributed by atoms with Crippen LogP contribution in [0.2, 0.25) is 0 Å². The molecule has 0 radical (unpaired) electrons. The molecule has 1 heterocycles. The van der Waals surface area contributed by atoms with E-state index in [0.717, 1.165) is 23.4 Å². The van der Waals surface area contributed by atoms with Gasteiger partial charge in [-0.3, -0.25) is 14.4 Å². The molecule has 0 saturated carbocycles. The number of para-hydroxylation sites is 1. The summed E-state index contributed by atoms with van der Waals surface area (Å²) in [4.78, 5) is 42.5. The molecule has 3 amide bonds. The summed E-state index contributed by atoms with van der Waals surface area (Å²) in [6, 6.07) is 29.2. The first kappa shape index (κ1) is 30.4. The van der Waals surface area contributed by atoms with Crippen molar-refractivity contribution in [3.8, 4) is 11.5 Å². The lowest BCUT2D eigenvalue weighted by molar-refractivity contribution is -0.116. The predicted octanol–water partition coefficient (Wildman–Crippen LogP) is 6.18. The number of carbonyl (C=O) groups excluding carboxylic acids is 3. The van der Waals surface area contributed by atoms with Crippen LogP contribution in [0.4, 0.5) is 11.4 Å². The SMILES string of the molecule is COc1ccc(/C=C(\NC(=O)c2ccccc2)C(=O)Nc2cccc(SCC(=O)N3CCCc4ccccc43)c2)c(OC)c1. The monoisotopic (exact) mass is 607 g/mol. The van der Waals surface area contributed by atoms with Crippen molar-refractivity contribution in [2.45, 2.75) is 17.7 Å². The zero-order valence-corrected chi connectivity index (χ0v) is 25.4. The Hall–Kier alpha value is -5.02. The molecule has 0 aromatic heterocycles. The van der Waals surface area contributed by atoms with Gasteiger partial charge in [0.05, 0.1) is 20.0 Å². The maximum atomic E-state index is 13.6. The first-order chi connectivity index (χ1) is 21.4. The Morgan fingerprint density at radius 3 is 2.48 bits per heavy atom. The highest BCUT2D eigenvalue weighted by Crippen LogP contribution is 2.30. The summed E-state index contributed by atoms with van der Waals surface area (Å²) in [7, 11) is 3.07. The minimum absolute atomic E-state index is 0.0271. The van der Waals surface area contributed by atoms with E-state index in [1.165, 1.54) is 24.4 Å². The number of benzene rings is 4. The van der Waals surface area contributed by atoms with Crippen LogP contribution in [-0.4, -0.2) is 44.2 Å². The molecule has 44 heavy (non-hydrogen) atoms. The molecule has 4 aromatic rings. The number of hydrogen-bond donors (Lipinski definition) is 2. The summed E-state index contributed by atoms with van der Waals surface area (Å²) >= 11 is 1.41. The van der Waals surface area contributed by atoms with Gasteiger partial charge >= 0.3 is 0 Å². The Kier molecular flexibility index (Phi) is 9.99. The van der Waals surface area contributed by atoms with E-state index in [2.05, 4.69) is 16.7 Å². The molecule has 1 aliphatic rings. The first-order valence-corrected chi connectivity index (χ1v) is 15.2. The molecule has 8 nitrogen and oxygen atoms in total. The Morgan fingerprint density at radius 1 is 0.886 bits per heavy atom. The first-order valence-electron chi connectivity index (χ1n) is 14.2. The standard InChI is InChI=1S/C35H33N3O5S/c1-42-28-18-17-26(32(22-28)43-2)20-30(37-34(40)25-11-4-3-5-12-25)35(41)36-27-14-8-15-29(21-27)44-23-33(39)38-19-9-13-24-10-6-7-16-31(24)38/h3-8,10-12,14-18,20-22H,9,13,19,23H2,1-2H3,(H,36,41)(H,37,40)/b30-20-. The lowest BCUT2D eigenvalue weighted by Gasteiger charge is -2.29. The lowest BCUT2D eigenvalue weighted by atomic mass is 10.0. The Morgan fingerprint density at radius 2 is 1.68 bits per heavy atom. The van der Waals surface area contributed by atoms with Crippen LogP contribution in [0.1, 0.15) is 27.9 Å². The van der Waals surface area contributed by atoms with Crippen LogP contribution in [0.5, 0.6) is 11.5 Å². The van der Waals surface area contributed by atoms with Crippen LogP contribution in [0.25, 0.3) is 6.08 Å². The number of nitrogens with one attached hydrogen (secondary N) is 2. The molecule has 0 spiro atoms. The van der Waals surface area contributed by atoms with Crippen LogP contribution >= 0.6 is 11.8 Å². The fraction of sp³-hybridized carbons (Fsp3) is 0.171. The van der Waals surface area contributed by atoms with Gasteiger partial charge in [-0.1, -0.05) is 42.5 Å². The summed E-state index contributed by atoms with van der Waals surface area (Å²) in [5.74, 6) is 0.427. The van der Waals surface area contributed by atoms with Crippen molar-refractivity contribution in [3.05, 3.63) is 119 Å². The molecule has 0 fully saturated rings. The van der Waals surface area contributed by atoms with Crippen molar-refractivity contribution in [1.82, 2.24) is 5.32 Å². The van der Waals surface area contributed by atoms with Gasteiger partial charge in [0.15, 0.2) is 0 Å². The number of rotatable bonds is 10. The highest BCUT2D eigenvalue weighted by Gasteiger charge is 2.22. The van der Waals surface area contributed by atoms with Crippen molar-refractivity contribution in [3.63, 3.8) is 0 Å². The summed E-state index contributed by atoms with van der Waals surface area (Å²) in [6.45, 7) is 0.704. The smallest absolute Gasteiger partial charge is 0.272 e. The van der Waals surface area contributed by atoms with Gasteiger partial charge in [-0.2, -0.15) is 0 Å². The fourth-order valence-electron chi connectivity index (χ4n) is 4.91. The van der Waals surface area contributed by atoms with Crippen molar-refractivity contribution in [2.24, 2.45) is 0 Å². The average Bonchev–Trinajstić information content (AvgIpc) is 3.07. The molecule has 0 saturated heterocycles. The summed E-state index contributed by atoms with van der Waals surface area (Å²) in [5, 5.41) is 5.64. The Balaban J connectivity index is 1.32. The van der Waals surface area contributed by atoms with Gasteiger partial charge in [0, 0.05) is 40.0 Å². The second kappa shape index (κ2) is 14.4. The average molecular weight is 608 g/mol. The van der Waals surface area contributed by atoms with Gasteiger partial charge in [-0.25, -0.2) is 0 Å². The number of amides is 3. The minimum atomic E-state index is -0.518. The highest BCUT2D eigenvalue weighted by atomic mass is 32.2. The predicted molar refractivity (Wildman–Crippen MR) is 174 cm³/mol. The lowest BCUT2D eigenvalue weighted by Crippen LogP contribution is -2.36. The molecule has 0 aliphatic carbocycles.